The molecule has 0 amide bonds. The minimum atomic E-state index is -0.419. The lowest BCUT2D eigenvalue weighted by molar-refractivity contribution is 0.904. The molecule has 2 heterocycles. The first-order chi connectivity index (χ1) is 11.6. The zero-order chi connectivity index (χ0) is 16.7. The summed E-state index contributed by atoms with van der Waals surface area (Å²) in [5.41, 5.74) is 1.96. The Morgan fingerprint density at radius 1 is 0.958 bits per heavy atom. The van der Waals surface area contributed by atoms with Gasteiger partial charge in [0, 0.05) is 4.88 Å². The summed E-state index contributed by atoms with van der Waals surface area (Å²) in [6.07, 6.45) is 0. The van der Waals surface area contributed by atoms with Gasteiger partial charge in [-0.25, -0.2) is 9.36 Å². The summed E-state index contributed by atoms with van der Waals surface area (Å²) in [4.78, 5) is 29.6. The standard InChI is InChI=1S/C19H14N2O2S/c1-12-7-9-14(10-8-12)21-18(22)15-11-16(13-5-3-2-4-6-13)24-17(15)20-19(21)23/h2-11H,1H3,(H,20,23). The van der Waals surface area contributed by atoms with Crippen molar-refractivity contribution in [1.29, 1.82) is 0 Å². The third-order valence-corrected chi connectivity index (χ3v) is 5.04. The number of aromatic amines is 1. The monoisotopic (exact) mass is 334 g/mol. The Morgan fingerprint density at radius 2 is 1.67 bits per heavy atom. The van der Waals surface area contributed by atoms with Gasteiger partial charge >= 0.3 is 5.69 Å². The van der Waals surface area contributed by atoms with Gasteiger partial charge < -0.3 is 0 Å². The van der Waals surface area contributed by atoms with Gasteiger partial charge in [-0.15, -0.1) is 11.3 Å². The number of rotatable bonds is 2. The van der Waals surface area contributed by atoms with Crippen LogP contribution in [-0.4, -0.2) is 9.55 Å². The van der Waals surface area contributed by atoms with Gasteiger partial charge in [0.15, 0.2) is 0 Å². The molecule has 0 unspecified atom stereocenters. The normalized spacial score (nSPS) is 11.0. The molecule has 4 aromatic rings. The lowest BCUT2D eigenvalue weighted by Crippen LogP contribution is -2.33. The fourth-order valence-electron chi connectivity index (χ4n) is 2.68. The number of hydrogen-bond donors (Lipinski definition) is 1. The van der Waals surface area contributed by atoms with Crippen molar-refractivity contribution in [2.24, 2.45) is 0 Å². The van der Waals surface area contributed by atoms with Gasteiger partial charge in [0.2, 0.25) is 0 Å². The first-order valence-corrected chi connectivity index (χ1v) is 8.36. The van der Waals surface area contributed by atoms with Crippen molar-refractivity contribution in [1.82, 2.24) is 9.55 Å². The number of nitrogens with one attached hydrogen (secondary N) is 1. The topological polar surface area (TPSA) is 54.9 Å². The van der Waals surface area contributed by atoms with Gasteiger partial charge in [0.25, 0.3) is 5.56 Å². The van der Waals surface area contributed by atoms with E-state index in [1.807, 2.05) is 55.5 Å². The van der Waals surface area contributed by atoms with Crippen LogP contribution >= 0.6 is 11.3 Å². The summed E-state index contributed by atoms with van der Waals surface area (Å²) >= 11 is 1.42. The lowest BCUT2D eigenvalue weighted by atomic mass is 10.2. The molecule has 4 nitrogen and oxygen atoms in total. The predicted molar refractivity (Wildman–Crippen MR) is 98.2 cm³/mol. The van der Waals surface area contributed by atoms with Crippen molar-refractivity contribution in [3.05, 3.63) is 87.1 Å². The van der Waals surface area contributed by atoms with Crippen molar-refractivity contribution in [2.45, 2.75) is 6.92 Å². The molecule has 0 bridgehead atoms. The van der Waals surface area contributed by atoms with Crippen LogP contribution in [0.25, 0.3) is 26.3 Å². The molecule has 0 aliphatic heterocycles. The summed E-state index contributed by atoms with van der Waals surface area (Å²) in [7, 11) is 0. The van der Waals surface area contributed by atoms with E-state index in [0.29, 0.717) is 15.9 Å². The Bertz CT molecular complexity index is 1140. The van der Waals surface area contributed by atoms with E-state index in [9.17, 15) is 9.59 Å². The van der Waals surface area contributed by atoms with Crippen LogP contribution in [-0.2, 0) is 0 Å². The summed E-state index contributed by atoms with van der Waals surface area (Å²) in [5.74, 6) is 0. The van der Waals surface area contributed by atoms with Crippen molar-refractivity contribution in [3.8, 4) is 16.1 Å². The first kappa shape index (κ1) is 14.7. The van der Waals surface area contributed by atoms with Gasteiger partial charge in [-0.3, -0.25) is 9.78 Å². The maximum atomic E-state index is 12.8. The molecule has 24 heavy (non-hydrogen) atoms. The van der Waals surface area contributed by atoms with E-state index >= 15 is 0 Å². The molecule has 4 rings (SSSR count). The highest BCUT2D eigenvalue weighted by Gasteiger charge is 2.13. The molecule has 0 saturated carbocycles. The maximum Gasteiger partial charge on any atom is 0.334 e. The zero-order valence-electron chi connectivity index (χ0n) is 12.9. The van der Waals surface area contributed by atoms with Gasteiger partial charge in [0.05, 0.1) is 11.1 Å². The molecule has 0 fully saturated rings. The fourth-order valence-corrected chi connectivity index (χ4v) is 3.73. The van der Waals surface area contributed by atoms with E-state index in [2.05, 4.69) is 4.98 Å². The van der Waals surface area contributed by atoms with Crippen LogP contribution < -0.4 is 11.2 Å². The highest BCUT2D eigenvalue weighted by Crippen LogP contribution is 2.30. The zero-order valence-corrected chi connectivity index (χ0v) is 13.8. The Kier molecular flexibility index (Phi) is 3.43. The molecule has 118 valence electrons. The molecule has 0 radical (unpaired) electrons. The lowest BCUT2D eigenvalue weighted by Gasteiger charge is -2.04. The number of thiophene rings is 1. The molecule has 2 aromatic carbocycles. The predicted octanol–water partition coefficient (Wildman–Crippen LogP) is 3.72. The number of nitrogens with zero attached hydrogens (tertiary/aromatic N) is 1. The Hall–Kier alpha value is -2.92. The Balaban J connectivity index is 1.96. The van der Waals surface area contributed by atoms with Gasteiger partial charge in [0.1, 0.15) is 4.83 Å². The van der Waals surface area contributed by atoms with Gasteiger partial charge in [-0.1, -0.05) is 48.0 Å². The second kappa shape index (κ2) is 5.62. The van der Waals surface area contributed by atoms with Gasteiger partial charge in [-0.2, -0.15) is 0 Å². The highest BCUT2D eigenvalue weighted by molar-refractivity contribution is 7.21. The number of hydrogen-bond acceptors (Lipinski definition) is 3. The summed E-state index contributed by atoms with van der Waals surface area (Å²) in [6.45, 7) is 1.96. The van der Waals surface area contributed by atoms with E-state index in [0.717, 1.165) is 16.0 Å². The average molecular weight is 334 g/mol. The molecule has 0 spiro atoms. The minimum absolute atomic E-state index is 0.295. The number of aryl methyl sites for hydroxylation is 1. The third kappa shape index (κ3) is 2.39. The Morgan fingerprint density at radius 3 is 2.38 bits per heavy atom. The van der Waals surface area contributed by atoms with E-state index < -0.39 is 5.69 Å². The van der Waals surface area contributed by atoms with Crippen LogP contribution in [0.3, 0.4) is 0 Å². The fraction of sp³-hybridized carbons (Fsp3) is 0.0526. The highest BCUT2D eigenvalue weighted by atomic mass is 32.1. The second-order valence-corrected chi connectivity index (χ2v) is 6.68. The molecule has 5 heteroatoms. The van der Waals surface area contributed by atoms with Crippen LogP contribution in [0.4, 0.5) is 0 Å². The molecular weight excluding hydrogens is 320 g/mol. The first-order valence-electron chi connectivity index (χ1n) is 7.55. The van der Waals surface area contributed by atoms with E-state index in [-0.39, 0.29) is 5.56 Å². The number of H-pyrrole nitrogens is 1. The smallest absolute Gasteiger partial charge is 0.298 e. The Labute approximate surface area is 141 Å². The van der Waals surface area contributed by atoms with E-state index in [1.54, 1.807) is 12.1 Å². The molecule has 0 aliphatic rings. The van der Waals surface area contributed by atoms with Crippen molar-refractivity contribution in [2.75, 3.05) is 0 Å². The molecular formula is C19H14N2O2S. The van der Waals surface area contributed by atoms with Gasteiger partial charge in [-0.05, 0) is 30.7 Å². The van der Waals surface area contributed by atoms with Crippen molar-refractivity contribution in [3.63, 3.8) is 0 Å². The summed E-state index contributed by atoms with van der Waals surface area (Å²) < 4.78 is 1.18. The van der Waals surface area contributed by atoms with Crippen LogP contribution in [0, 0.1) is 6.92 Å². The second-order valence-electron chi connectivity index (χ2n) is 5.63. The largest absolute Gasteiger partial charge is 0.334 e. The maximum absolute atomic E-state index is 12.8. The molecule has 2 aromatic heterocycles. The van der Waals surface area contributed by atoms with Crippen molar-refractivity contribution < 1.29 is 0 Å². The minimum Gasteiger partial charge on any atom is -0.298 e. The molecule has 0 saturated heterocycles. The van der Waals surface area contributed by atoms with E-state index in [4.69, 9.17) is 0 Å². The van der Waals surface area contributed by atoms with Crippen LogP contribution in [0.2, 0.25) is 0 Å². The number of benzene rings is 2. The third-order valence-electron chi connectivity index (χ3n) is 3.94. The molecule has 0 aliphatic carbocycles. The van der Waals surface area contributed by atoms with Crippen LogP contribution in [0.15, 0.2) is 70.3 Å². The van der Waals surface area contributed by atoms with Crippen LogP contribution in [0.1, 0.15) is 5.56 Å². The van der Waals surface area contributed by atoms with Crippen LogP contribution in [0.5, 0.6) is 0 Å². The average Bonchev–Trinajstić information content (AvgIpc) is 3.02. The number of fused-ring (bicyclic) bond motifs is 1. The van der Waals surface area contributed by atoms with E-state index in [1.165, 1.54) is 15.9 Å². The summed E-state index contributed by atoms with van der Waals surface area (Å²) in [6, 6.07) is 19.0. The summed E-state index contributed by atoms with van der Waals surface area (Å²) in [5, 5.41) is 0.527. The van der Waals surface area contributed by atoms with Crippen molar-refractivity contribution >= 4 is 21.6 Å². The number of aromatic nitrogens is 2. The molecule has 1 N–H and O–H groups in total. The quantitative estimate of drug-likeness (QED) is 0.607. The SMILES string of the molecule is Cc1ccc(-n2c(=O)[nH]c3sc(-c4ccccc4)cc3c2=O)cc1. The molecule has 0 atom stereocenters.